The van der Waals surface area contributed by atoms with Crippen LogP contribution in [0.1, 0.15) is 40.0 Å². The van der Waals surface area contributed by atoms with Crippen molar-refractivity contribution in [3.63, 3.8) is 0 Å². The third-order valence-electron chi connectivity index (χ3n) is 5.23. The van der Waals surface area contributed by atoms with Crippen LogP contribution in [0.2, 0.25) is 0 Å². The van der Waals surface area contributed by atoms with E-state index in [1.54, 1.807) is 0 Å². The summed E-state index contributed by atoms with van der Waals surface area (Å²) in [4.78, 5) is 19.0. The quantitative estimate of drug-likeness (QED) is 0.748. The first-order valence-corrected chi connectivity index (χ1v) is 8.77. The van der Waals surface area contributed by atoms with E-state index in [-0.39, 0.29) is 0 Å². The highest BCUT2D eigenvalue weighted by atomic mass is 16.1. The lowest BCUT2D eigenvalue weighted by molar-refractivity contribution is -0.120. The maximum Gasteiger partial charge on any atom is 0.146 e. The van der Waals surface area contributed by atoms with Gasteiger partial charge in [-0.25, -0.2) is 0 Å². The van der Waals surface area contributed by atoms with E-state index >= 15 is 0 Å². The van der Waals surface area contributed by atoms with Crippen molar-refractivity contribution in [2.45, 2.75) is 40.0 Å². The van der Waals surface area contributed by atoms with Gasteiger partial charge in [-0.2, -0.15) is 0 Å². The zero-order valence-corrected chi connectivity index (χ0v) is 14.2. The molecule has 2 rings (SSSR count). The molecule has 4 nitrogen and oxygen atoms in total. The third kappa shape index (κ3) is 5.35. The van der Waals surface area contributed by atoms with Gasteiger partial charge in [-0.3, -0.25) is 19.5 Å². The Morgan fingerprint density at radius 3 is 2.00 bits per heavy atom. The van der Waals surface area contributed by atoms with Crippen LogP contribution >= 0.6 is 0 Å². The first-order valence-electron chi connectivity index (χ1n) is 8.77. The molecule has 2 heterocycles. The Bertz CT molecular complexity index is 316. The Morgan fingerprint density at radius 1 is 0.952 bits per heavy atom. The van der Waals surface area contributed by atoms with Crippen LogP contribution < -0.4 is 0 Å². The Labute approximate surface area is 130 Å². The van der Waals surface area contributed by atoms with Crippen molar-refractivity contribution in [2.75, 3.05) is 52.5 Å². The van der Waals surface area contributed by atoms with Crippen LogP contribution in [-0.4, -0.2) is 73.0 Å². The lowest BCUT2D eigenvalue weighted by Crippen LogP contribution is -2.52. The van der Waals surface area contributed by atoms with Gasteiger partial charge in [0.25, 0.3) is 0 Å². The van der Waals surface area contributed by atoms with Crippen molar-refractivity contribution in [3.8, 4) is 0 Å². The van der Waals surface area contributed by atoms with Gasteiger partial charge in [-0.15, -0.1) is 0 Å². The molecule has 0 atom stereocenters. The van der Waals surface area contributed by atoms with Crippen LogP contribution in [-0.2, 0) is 4.79 Å². The molecule has 2 fully saturated rings. The highest BCUT2D eigenvalue weighted by Crippen LogP contribution is 2.24. The van der Waals surface area contributed by atoms with Gasteiger partial charge in [0.15, 0.2) is 0 Å². The van der Waals surface area contributed by atoms with Crippen LogP contribution in [0, 0.1) is 11.8 Å². The number of hydrogen-bond donors (Lipinski definition) is 0. The minimum atomic E-state index is 0.374. The van der Waals surface area contributed by atoms with Crippen molar-refractivity contribution >= 4 is 5.78 Å². The van der Waals surface area contributed by atoms with Crippen molar-refractivity contribution in [3.05, 3.63) is 0 Å². The molecule has 0 spiro atoms. The normalized spacial score (nSPS) is 23.8. The SMILES string of the molecule is CCC(=O)CN1CCN(CN2CCC(C(C)C)CC2)CC1. The van der Waals surface area contributed by atoms with Gasteiger partial charge >= 0.3 is 0 Å². The summed E-state index contributed by atoms with van der Waals surface area (Å²) in [6.45, 7) is 15.3. The number of rotatable bonds is 6. The summed E-state index contributed by atoms with van der Waals surface area (Å²) in [6.07, 6.45) is 3.40. The molecule has 2 aliphatic rings. The molecule has 122 valence electrons. The number of piperazine rings is 1. The van der Waals surface area contributed by atoms with E-state index in [4.69, 9.17) is 0 Å². The highest BCUT2D eigenvalue weighted by Gasteiger charge is 2.24. The van der Waals surface area contributed by atoms with E-state index in [2.05, 4.69) is 28.5 Å². The fraction of sp³-hybridized carbons (Fsp3) is 0.941. The van der Waals surface area contributed by atoms with E-state index in [1.807, 2.05) is 6.92 Å². The molecule has 0 radical (unpaired) electrons. The summed E-state index contributed by atoms with van der Waals surface area (Å²) in [7, 11) is 0. The van der Waals surface area contributed by atoms with Crippen molar-refractivity contribution in [2.24, 2.45) is 11.8 Å². The first kappa shape index (κ1) is 16.9. The van der Waals surface area contributed by atoms with Crippen LogP contribution in [0.15, 0.2) is 0 Å². The average Bonchev–Trinajstić information content (AvgIpc) is 2.49. The second-order valence-corrected chi connectivity index (χ2v) is 7.13. The molecule has 0 aromatic carbocycles. The smallest absolute Gasteiger partial charge is 0.146 e. The van der Waals surface area contributed by atoms with E-state index in [0.29, 0.717) is 18.7 Å². The fourth-order valence-electron chi connectivity index (χ4n) is 3.49. The Morgan fingerprint density at radius 2 is 1.48 bits per heavy atom. The lowest BCUT2D eigenvalue weighted by atomic mass is 9.87. The first-order chi connectivity index (χ1) is 10.1. The number of likely N-dealkylation sites (tertiary alicyclic amines) is 1. The predicted octanol–water partition coefficient (Wildman–Crippen LogP) is 1.91. The van der Waals surface area contributed by atoms with Gasteiger partial charge in [0.05, 0.1) is 13.2 Å². The van der Waals surface area contributed by atoms with Crippen LogP contribution in [0.3, 0.4) is 0 Å². The molecule has 0 unspecified atom stereocenters. The summed E-state index contributed by atoms with van der Waals surface area (Å²) in [6, 6.07) is 0. The fourth-order valence-corrected chi connectivity index (χ4v) is 3.49. The number of carbonyl (C=O) groups excluding carboxylic acids is 1. The molecule has 4 heteroatoms. The molecule has 2 aliphatic heterocycles. The maximum absolute atomic E-state index is 11.5. The van der Waals surface area contributed by atoms with Gasteiger partial charge in [0.2, 0.25) is 0 Å². The van der Waals surface area contributed by atoms with Gasteiger partial charge in [0, 0.05) is 32.6 Å². The van der Waals surface area contributed by atoms with E-state index in [1.165, 1.54) is 25.9 Å². The van der Waals surface area contributed by atoms with Crippen molar-refractivity contribution in [1.29, 1.82) is 0 Å². The maximum atomic E-state index is 11.5. The number of ketones is 1. The minimum Gasteiger partial charge on any atom is -0.298 e. The Kier molecular flexibility index (Phi) is 6.65. The molecule has 2 saturated heterocycles. The highest BCUT2D eigenvalue weighted by molar-refractivity contribution is 5.80. The Balaban J connectivity index is 1.64. The summed E-state index contributed by atoms with van der Waals surface area (Å²) in [5.74, 6) is 2.14. The number of carbonyl (C=O) groups is 1. The standard InChI is InChI=1S/C17H33N3O/c1-4-17(21)13-18-9-11-20(12-10-18)14-19-7-5-16(6-8-19)15(2)3/h15-16H,4-14H2,1-3H3. The van der Waals surface area contributed by atoms with Crippen molar-refractivity contribution in [1.82, 2.24) is 14.7 Å². The molecule has 21 heavy (non-hydrogen) atoms. The molecular weight excluding hydrogens is 262 g/mol. The van der Waals surface area contributed by atoms with Gasteiger partial charge < -0.3 is 0 Å². The van der Waals surface area contributed by atoms with E-state index in [0.717, 1.165) is 44.7 Å². The number of Topliss-reactive ketones (excluding diaryl/α,β-unsaturated/α-hetero) is 1. The molecule has 0 aliphatic carbocycles. The zero-order chi connectivity index (χ0) is 15.2. The van der Waals surface area contributed by atoms with E-state index < -0.39 is 0 Å². The molecule has 0 N–H and O–H groups in total. The molecule has 0 saturated carbocycles. The minimum absolute atomic E-state index is 0.374. The molecule has 0 aromatic heterocycles. The Hall–Kier alpha value is -0.450. The summed E-state index contributed by atoms with van der Waals surface area (Å²) < 4.78 is 0. The topological polar surface area (TPSA) is 26.8 Å². The molecule has 0 bridgehead atoms. The largest absolute Gasteiger partial charge is 0.298 e. The van der Waals surface area contributed by atoms with Crippen molar-refractivity contribution < 1.29 is 4.79 Å². The van der Waals surface area contributed by atoms with Crippen LogP contribution in [0.5, 0.6) is 0 Å². The summed E-state index contributed by atoms with van der Waals surface area (Å²) in [5.41, 5.74) is 0. The predicted molar refractivity (Wildman–Crippen MR) is 87.3 cm³/mol. The van der Waals surface area contributed by atoms with Gasteiger partial charge in [0.1, 0.15) is 5.78 Å². The number of nitrogens with zero attached hydrogens (tertiary/aromatic N) is 3. The number of hydrogen-bond acceptors (Lipinski definition) is 4. The van der Waals surface area contributed by atoms with Gasteiger partial charge in [-0.05, 0) is 37.8 Å². The summed E-state index contributed by atoms with van der Waals surface area (Å²) in [5, 5.41) is 0. The van der Waals surface area contributed by atoms with E-state index in [9.17, 15) is 4.79 Å². The van der Waals surface area contributed by atoms with Crippen LogP contribution in [0.4, 0.5) is 0 Å². The lowest BCUT2D eigenvalue weighted by Gasteiger charge is -2.40. The third-order valence-corrected chi connectivity index (χ3v) is 5.23. The average molecular weight is 295 g/mol. The summed E-state index contributed by atoms with van der Waals surface area (Å²) >= 11 is 0. The number of piperidine rings is 1. The molecule has 0 aromatic rings. The van der Waals surface area contributed by atoms with Gasteiger partial charge in [-0.1, -0.05) is 20.8 Å². The molecule has 0 amide bonds. The second-order valence-electron chi connectivity index (χ2n) is 7.13. The monoisotopic (exact) mass is 295 g/mol. The second kappa shape index (κ2) is 8.25. The molecular formula is C17H33N3O. The van der Waals surface area contributed by atoms with Crippen LogP contribution in [0.25, 0.3) is 0 Å². The zero-order valence-electron chi connectivity index (χ0n) is 14.2.